The van der Waals surface area contributed by atoms with Crippen molar-refractivity contribution in [1.29, 1.82) is 0 Å². The van der Waals surface area contributed by atoms with Crippen LogP contribution in [-0.4, -0.2) is 45.6 Å². The molecule has 27 heavy (non-hydrogen) atoms. The number of amides is 1. The largest absolute Gasteiger partial charge is 0.495 e. The number of ether oxygens (including phenoxy) is 1. The number of fused-ring (bicyclic) bond motifs is 2. The van der Waals surface area contributed by atoms with Crippen LogP contribution in [-0.2, 0) is 19.6 Å². The standard InChI is InChI=1S/C19H26N2O5S/c1-21(2)27(24,25)15-7-8-17(26-3)16(11-15)20-19(23)14-9-12-5-4-6-13(10-14)18(12)22/h7-8,11-14H,4-6,9-10H2,1-3H3,(H,20,23)/t12-,13-/m0/s1. The highest BCUT2D eigenvalue weighted by molar-refractivity contribution is 7.89. The van der Waals surface area contributed by atoms with Crippen LogP contribution in [0.1, 0.15) is 32.1 Å². The molecule has 0 unspecified atom stereocenters. The van der Waals surface area contributed by atoms with E-state index < -0.39 is 10.0 Å². The number of rotatable bonds is 5. The first kappa shape index (κ1) is 19.8. The highest BCUT2D eigenvalue weighted by Crippen LogP contribution is 2.40. The molecule has 2 atom stereocenters. The molecule has 8 heteroatoms. The van der Waals surface area contributed by atoms with E-state index in [1.807, 2.05) is 0 Å². The van der Waals surface area contributed by atoms with Crippen LogP contribution < -0.4 is 10.1 Å². The number of ketones is 1. The molecule has 2 bridgehead atoms. The molecule has 1 N–H and O–H groups in total. The maximum absolute atomic E-state index is 12.8. The molecule has 3 rings (SSSR count). The number of carbonyl (C=O) groups excluding carboxylic acids is 2. The molecule has 2 aliphatic carbocycles. The summed E-state index contributed by atoms with van der Waals surface area (Å²) < 4.78 is 31.1. The average Bonchev–Trinajstić information content (AvgIpc) is 2.61. The Kier molecular flexibility index (Phi) is 5.58. The Morgan fingerprint density at radius 1 is 1.19 bits per heavy atom. The molecule has 1 aromatic rings. The van der Waals surface area contributed by atoms with E-state index in [1.165, 1.54) is 39.4 Å². The molecule has 148 valence electrons. The van der Waals surface area contributed by atoms with Crippen molar-refractivity contribution in [3.63, 3.8) is 0 Å². The fourth-order valence-corrected chi connectivity index (χ4v) is 5.01. The highest BCUT2D eigenvalue weighted by atomic mass is 32.2. The van der Waals surface area contributed by atoms with E-state index in [0.717, 1.165) is 23.6 Å². The number of methoxy groups -OCH3 is 1. The van der Waals surface area contributed by atoms with Gasteiger partial charge in [-0.05, 0) is 43.9 Å². The molecule has 7 nitrogen and oxygen atoms in total. The van der Waals surface area contributed by atoms with Crippen molar-refractivity contribution in [3.8, 4) is 5.75 Å². The Labute approximate surface area is 160 Å². The Morgan fingerprint density at radius 3 is 2.37 bits per heavy atom. The number of anilines is 1. The van der Waals surface area contributed by atoms with Crippen molar-refractivity contribution >= 4 is 27.4 Å². The second-order valence-electron chi connectivity index (χ2n) is 7.53. The lowest BCUT2D eigenvalue weighted by molar-refractivity contribution is -0.136. The van der Waals surface area contributed by atoms with Gasteiger partial charge in [0.25, 0.3) is 0 Å². The minimum Gasteiger partial charge on any atom is -0.495 e. The number of hydrogen-bond acceptors (Lipinski definition) is 5. The van der Waals surface area contributed by atoms with E-state index in [4.69, 9.17) is 4.74 Å². The van der Waals surface area contributed by atoms with E-state index in [-0.39, 0.29) is 28.6 Å². The SMILES string of the molecule is COc1ccc(S(=O)(=O)N(C)C)cc1NC(=O)C1C[C@@H]2CCC[C@@H](C1)C2=O. The van der Waals surface area contributed by atoms with E-state index in [9.17, 15) is 18.0 Å². The van der Waals surface area contributed by atoms with Crippen LogP contribution in [0.4, 0.5) is 5.69 Å². The first-order valence-corrected chi connectivity index (χ1v) is 10.6. The first-order chi connectivity index (χ1) is 12.7. The van der Waals surface area contributed by atoms with E-state index in [1.54, 1.807) is 0 Å². The highest BCUT2D eigenvalue weighted by Gasteiger charge is 2.41. The third-order valence-corrected chi connectivity index (χ3v) is 7.44. The van der Waals surface area contributed by atoms with E-state index in [0.29, 0.717) is 30.1 Å². The molecule has 1 amide bonds. The number of hydrogen-bond donors (Lipinski definition) is 1. The van der Waals surface area contributed by atoms with E-state index in [2.05, 4.69) is 5.32 Å². The van der Waals surface area contributed by atoms with Gasteiger partial charge in [0.15, 0.2) is 0 Å². The third-order valence-electron chi connectivity index (χ3n) is 5.63. The maximum Gasteiger partial charge on any atom is 0.242 e. The van der Waals surface area contributed by atoms with Crippen LogP contribution in [0.3, 0.4) is 0 Å². The van der Waals surface area contributed by atoms with Gasteiger partial charge in [-0.3, -0.25) is 9.59 Å². The molecule has 1 aromatic carbocycles. The van der Waals surface area contributed by atoms with Gasteiger partial charge >= 0.3 is 0 Å². The lowest BCUT2D eigenvalue weighted by atomic mass is 9.67. The lowest BCUT2D eigenvalue weighted by Crippen LogP contribution is -2.40. The summed E-state index contributed by atoms with van der Waals surface area (Å²) in [4.78, 5) is 25.1. The van der Waals surface area contributed by atoms with Crippen molar-refractivity contribution in [2.24, 2.45) is 17.8 Å². The number of nitrogens with one attached hydrogen (secondary N) is 1. The monoisotopic (exact) mass is 394 g/mol. The summed E-state index contributed by atoms with van der Waals surface area (Å²) in [6.07, 6.45) is 3.91. The normalized spacial score (nSPS) is 25.3. The smallest absolute Gasteiger partial charge is 0.242 e. The van der Waals surface area contributed by atoms with Crippen LogP contribution in [0, 0.1) is 17.8 Å². The molecule has 0 heterocycles. The van der Waals surface area contributed by atoms with Gasteiger partial charge in [0.1, 0.15) is 11.5 Å². The van der Waals surface area contributed by atoms with Crippen molar-refractivity contribution < 1.29 is 22.7 Å². The summed E-state index contributed by atoms with van der Waals surface area (Å²) in [6.45, 7) is 0. The Balaban J connectivity index is 1.82. The van der Waals surface area contributed by atoms with Gasteiger partial charge in [-0.15, -0.1) is 0 Å². The van der Waals surface area contributed by atoms with Crippen molar-refractivity contribution in [3.05, 3.63) is 18.2 Å². The van der Waals surface area contributed by atoms with Gasteiger partial charge < -0.3 is 10.1 Å². The Hall–Kier alpha value is -1.93. The third kappa shape index (κ3) is 3.87. The van der Waals surface area contributed by atoms with E-state index >= 15 is 0 Å². The van der Waals surface area contributed by atoms with Gasteiger partial charge in [-0.25, -0.2) is 12.7 Å². The van der Waals surface area contributed by atoms with Crippen molar-refractivity contribution in [2.75, 3.05) is 26.5 Å². The molecule has 0 saturated heterocycles. The lowest BCUT2D eigenvalue weighted by Gasteiger charge is -2.37. The Bertz CT molecular complexity index is 834. The fraction of sp³-hybridized carbons (Fsp3) is 0.579. The quantitative estimate of drug-likeness (QED) is 0.827. The summed E-state index contributed by atoms with van der Waals surface area (Å²) in [5.41, 5.74) is 0.326. The van der Waals surface area contributed by atoms with Crippen LogP contribution in [0.25, 0.3) is 0 Å². The topological polar surface area (TPSA) is 92.8 Å². The predicted molar refractivity (Wildman–Crippen MR) is 101 cm³/mol. The zero-order valence-electron chi connectivity index (χ0n) is 15.9. The second kappa shape index (κ2) is 7.59. The molecular formula is C19H26N2O5S. The molecule has 0 aliphatic heterocycles. The van der Waals surface area contributed by atoms with Crippen LogP contribution in [0.15, 0.2) is 23.1 Å². The fourth-order valence-electron chi connectivity index (χ4n) is 4.08. The minimum absolute atomic E-state index is 0.0180. The maximum atomic E-state index is 12.8. The van der Waals surface area contributed by atoms with Crippen LogP contribution >= 0.6 is 0 Å². The predicted octanol–water partition coefficient (Wildman–Crippen LogP) is 2.28. The van der Waals surface area contributed by atoms with Crippen molar-refractivity contribution in [1.82, 2.24) is 4.31 Å². The summed E-state index contributed by atoms with van der Waals surface area (Å²) in [5, 5.41) is 2.83. The zero-order valence-corrected chi connectivity index (χ0v) is 16.7. The van der Waals surface area contributed by atoms with Gasteiger partial charge in [0, 0.05) is 31.8 Å². The van der Waals surface area contributed by atoms with Gasteiger partial charge in [-0.2, -0.15) is 0 Å². The Morgan fingerprint density at radius 2 is 1.81 bits per heavy atom. The minimum atomic E-state index is -3.62. The average molecular weight is 394 g/mol. The second-order valence-corrected chi connectivity index (χ2v) is 9.69. The van der Waals surface area contributed by atoms with Crippen molar-refractivity contribution in [2.45, 2.75) is 37.0 Å². The number of nitrogens with zero attached hydrogens (tertiary/aromatic N) is 1. The number of benzene rings is 1. The molecular weight excluding hydrogens is 368 g/mol. The number of carbonyl (C=O) groups is 2. The summed E-state index contributed by atoms with van der Waals surface area (Å²) in [5.74, 6) is 0.246. The molecule has 2 aliphatic rings. The van der Waals surface area contributed by atoms with Crippen LogP contribution in [0.5, 0.6) is 5.75 Å². The summed E-state index contributed by atoms with van der Waals surface area (Å²) in [7, 11) is 0.752. The number of Topliss-reactive ketones (excluding diaryl/α,β-unsaturated/α-hetero) is 1. The molecule has 0 radical (unpaired) electrons. The van der Waals surface area contributed by atoms with Gasteiger partial charge in [0.2, 0.25) is 15.9 Å². The molecule has 2 fully saturated rings. The summed E-state index contributed by atoms with van der Waals surface area (Å²) in [6, 6.07) is 4.40. The first-order valence-electron chi connectivity index (χ1n) is 9.19. The molecule has 0 aromatic heterocycles. The summed E-state index contributed by atoms with van der Waals surface area (Å²) >= 11 is 0. The van der Waals surface area contributed by atoms with Gasteiger partial charge in [-0.1, -0.05) is 6.42 Å². The zero-order chi connectivity index (χ0) is 19.8. The molecule has 0 spiro atoms. The van der Waals surface area contributed by atoms with Crippen LogP contribution in [0.2, 0.25) is 0 Å². The molecule has 2 saturated carbocycles. The number of sulfonamides is 1. The van der Waals surface area contributed by atoms with Gasteiger partial charge in [0.05, 0.1) is 17.7 Å².